The fraction of sp³-hybridized carbons (Fsp3) is 0.200. The molecule has 0 aromatic heterocycles. The lowest BCUT2D eigenvalue weighted by molar-refractivity contribution is 0.340. The Kier molecular flexibility index (Phi) is 4.50. The molecule has 0 saturated carbocycles. The van der Waals surface area contributed by atoms with Crippen molar-refractivity contribution in [1.82, 2.24) is 0 Å². The molecule has 2 rings (SSSR count). The van der Waals surface area contributed by atoms with Crippen LogP contribution in [0.4, 0.5) is 18.9 Å². The van der Waals surface area contributed by atoms with E-state index in [1.165, 1.54) is 0 Å². The molecule has 0 aliphatic rings. The van der Waals surface area contributed by atoms with Gasteiger partial charge in [0.1, 0.15) is 17.3 Å². The van der Waals surface area contributed by atoms with Crippen molar-refractivity contribution in [2.24, 2.45) is 0 Å². The molecule has 0 spiro atoms. The van der Waals surface area contributed by atoms with Crippen LogP contribution < -0.4 is 10.1 Å². The molecular weight excluding hydrogens is 267 g/mol. The standard InChI is InChI=1S/C15H14F3NO/c1-2-20-12-5-3-4-10(6-12)9-19-15-13(17)7-11(16)8-14(15)18/h3-8,19H,2,9H2,1H3. The second kappa shape index (κ2) is 6.32. The Balaban J connectivity index is 2.11. The van der Waals surface area contributed by atoms with Crippen molar-refractivity contribution in [2.45, 2.75) is 13.5 Å². The van der Waals surface area contributed by atoms with Gasteiger partial charge in [-0.15, -0.1) is 0 Å². The van der Waals surface area contributed by atoms with Gasteiger partial charge in [-0.1, -0.05) is 12.1 Å². The Bertz CT molecular complexity index is 578. The van der Waals surface area contributed by atoms with Gasteiger partial charge < -0.3 is 10.1 Å². The van der Waals surface area contributed by atoms with Crippen LogP contribution in [0.25, 0.3) is 0 Å². The van der Waals surface area contributed by atoms with Crippen LogP contribution in [0.1, 0.15) is 12.5 Å². The fourth-order valence-corrected chi connectivity index (χ4v) is 1.81. The number of nitrogens with one attached hydrogen (secondary N) is 1. The zero-order chi connectivity index (χ0) is 14.5. The van der Waals surface area contributed by atoms with Crippen molar-refractivity contribution < 1.29 is 17.9 Å². The zero-order valence-electron chi connectivity index (χ0n) is 10.9. The Morgan fingerprint density at radius 3 is 2.40 bits per heavy atom. The Hall–Kier alpha value is -2.17. The van der Waals surface area contributed by atoms with Crippen molar-refractivity contribution in [3.63, 3.8) is 0 Å². The first kappa shape index (κ1) is 14.2. The summed E-state index contributed by atoms with van der Waals surface area (Å²) in [6, 6.07) is 8.44. The molecule has 5 heteroatoms. The van der Waals surface area contributed by atoms with Crippen LogP contribution >= 0.6 is 0 Å². The van der Waals surface area contributed by atoms with Crippen molar-refractivity contribution in [3.05, 3.63) is 59.4 Å². The van der Waals surface area contributed by atoms with Gasteiger partial charge in [0.05, 0.1) is 6.61 Å². The monoisotopic (exact) mass is 281 g/mol. The summed E-state index contributed by atoms with van der Waals surface area (Å²) < 4.78 is 45.0. The summed E-state index contributed by atoms with van der Waals surface area (Å²) in [5.41, 5.74) is 0.465. The molecule has 106 valence electrons. The Morgan fingerprint density at radius 1 is 1.05 bits per heavy atom. The van der Waals surface area contributed by atoms with Crippen LogP contribution in [0, 0.1) is 17.5 Å². The first-order valence-electron chi connectivity index (χ1n) is 6.20. The largest absolute Gasteiger partial charge is 0.494 e. The molecule has 2 aromatic rings. The van der Waals surface area contributed by atoms with E-state index in [1.54, 1.807) is 24.3 Å². The molecule has 0 amide bonds. The third kappa shape index (κ3) is 3.44. The van der Waals surface area contributed by atoms with E-state index < -0.39 is 17.5 Å². The van der Waals surface area contributed by atoms with E-state index in [0.717, 1.165) is 5.56 Å². The summed E-state index contributed by atoms with van der Waals surface area (Å²) >= 11 is 0. The lowest BCUT2D eigenvalue weighted by Gasteiger charge is -2.10. The van der Waals surface area contributed by atoms with Crippen LogP contribution in [-0.4, -0.2) is 6.61 Å². The first-order chi connectivity index (χ1) is 9.60. The van der Waals surface area contributed by atoms with Gasteiger partial charge in [-0.3, -0.25) is 0 Å². The second-order valence-corrected chi connectivity index (χ2v) is 4.18. The SMILES string of the molecule is CCOc1cccc(CNc2c(F)cc(F)cc2F)c1. The molecule has 2 nitrogen and oxygen atoms in total. The zero-order valence-corrected chi connectivity index (χ0v) is 10.9. The highest BCUT2D eigenvalue weighted by atomic mass is 19.1. The van der Waals surface area contributed by atoms with Gasteiger partial charge in [0.2, 0.25) is 0 Å². The second-order valence-electron chi connectivity index (χ2n) is 4.18. The molecule has 0 aliphatic heterocycles. The number of ether oxygens (including phenoxy) is 1. The van der Waals surface area contributed by atoms with Crippen molar-refractivity contribution in [1.29, 1.82) is 0 Å². The lowest BCUT2D eigenvalue weighted by atomic mass is 10.2. The lowest BCUT2D eigenvalue weighted by Crippen LogP contribution is -2.05. The van der Waals surface area contributed by atoms with Crippen LogP contribution in [0.15, 0.2) is 36.4 Å². The van der Waals surface area contributed by atoms with Gasteiger partial charge in [0.25, 0.3) is 0 Å². The number of hydrogen-bond acceptors (Lipinski definition) is 2. The maximum atomic E-state index is 13.4. The van der Waals surface area contributed by atoms with Crippen LogP contribution in [0.3, 0.4) is 0 Å². The van der Waals surface area contributed by atoms with E-state index in [0.29, 0.717) is 24.5 Å². The topological polar surface area (TPSA) is 21.3 Å². The maximum Gasteiger partial charge on any atom is 0.152 e. The van der Waals surface area contributed by atoms with E-state index >= 15 is 0 Å². The highest BCUT2D eigenvalue weighted by Gasteiger charge is 2.11. The van der Waals surface area contributed by atoms with Crippen molar-refractivity contribution >= 4 is 5.69 Å². The highest BCUT2D eigenvalue weighted by Crippen LogP contribution is 2.21. The summed E-state index contributed by atoms with van der Waals surface area (Å²) in [4.78, 5) is 0. The molecule has 0 heterocycles. The van der Waals surface area contributed by atoms with E-state index in [4.69, 9.17) is 4.74 Å². The third-order valence-electron chi connectivity index (χ3n) is 2.69. The summed E-state index contributed by atoms with van der Waals surface area (Å²) in [6.07, 6.45) is 0. The predicted octanol–water partition coefficient (Wildman–Crippen LogP) is 4.11. The number of halogens is 3. The summed E-state index contributed by atoms with van der Waals surface area (Å²) in [7, 11) is 0. The number of rotatable bonds is 5. The summed E-state index contributed by atoms with van der Waals surface area (Å²) in [5, 5.41) is 2.62. The fourth-order valence-electron chi connectivity index (χ4n) is 1.81. The molecule has 0 aliphatic carbocycles. The average molecular weight is 281 g/mol. The normalized spacial score (nSPS) is 10.4. The third-order valence-corrected chi connectivity index (χ3v) is 2.69. The van der Waals surface area contributed by atoms with Gasteiger partial charge in [0, 0.05) is 18.7 Å². The molecule has 0 unspecified atom stereocenters. The average Bonchev–Trinajstić information content (AvgIpc) is 2.38. The Morgan fingerprint density at radius 2 is 1.75 bits per heavy atom. The number of hydrogen-bond donors (Lipinski definition) is 1. The van der Waals surface area contributed by atoms with Crippen LogP contribution in [-0.2, 0) is 6.54 Å². The quantitative estimate of drug-likeness (QED) is 0.890. The van der Waals surface area contributed by atoms with Crippen molar-refractivity contribution in [2.75, 3.05) is 11.9 Å². The molecule has 0 atom stereocenters. The minimum atomic E-state index is -0.955. The number of anilines is 1. The molecule has 2 aromatic carbocycles. The van der Waals surface area contributed by atoms with E-state index in [9.17, 15) is 13.2 Å². The van der Waals surface area contributed by atoms with Crippen molar-refractivity contribution in [3.8, 4) is 5.75 Å². The van der Waals surface area contributed by atoms with E-state index in [2.05, 4.69) is 5.32 Å². The Labute approximate surface area is 115 Å². The molecule has 0 radical (unpaired) electrons. The van der Waals surface area contributed by atoms with Gasteiger partial charge in [-0.25, -0.2) is 13.2 Å². The highest BCUT2D eigenvalue weighted by molar-refractivity contribution is 5.47. The molecule has 0 saturated heterocycles. The first-order valence-corrected chi connectivity index (χ1v) is 6.20. The maximum absolute atomic E-state index is 13.4. The van der Waals surface area contributed by atoms with Crippen LogP contribution in [0.5, 0.6) is 5.75 Å². The van der Waals surface area contributed by atoms with Crippen LogP contribution in [0.2, 0.25) is 0 Å². The van der Waals surface area contributed by atoms with E-state index in [-0.39, 0.29) is 12.2 Å². The van der Waals surface area contributed by atoms with Gasteiger partial charge in [0.15, 0.2) is 11.6 Å². The minimum Gasteiger partial charge on any atom is -0.494 e. The smallest absolute Gasteiger partial charge is 0.152 e. The summed E-state index contributed by atoms with van der Waals surface area (Å²) in [5.74, 6) is -2.16. The van der Waals surface area contributed by atoms with E-state index in [1.807, 2.05) is 6.92 Å². The predicted molar refractivity (Wildman–Crippen MR) is 71.3 cm³/mol. The minimum absolute atomic E-state index is 0.209. The molecular formula is C15H14F3NO. The molecule has 0 bridgehead atoms. The van der Waals surface area contributed by atoms with Gasteiger partial charge >= 0.3 is 0 Å². The molecule has 1 N–H and O–H groups in total. The number of benzene rings is 2. The van der Waals surface area contributed by atoms with Gasteiger partial charge in [-0.2, -0.15) is 0 Å². The summed E-state index contributed by atoms with van der Waals surface area (Å²) in [6.45, 7) is 2.62. The van der Waals surface area contributed by atoms with Gasteiger partial charge in [-0.05, 0) is 24.6 Å². The molecule has 20 heavy (non-hydrogen) atoms. The molecule has 0 fully saturated rings.